The zero-order valence-electron chi connectivity index (χ0n) is 9.06. The first-order valence-electron chi connectivity index (χ1n) is 4.88. The lowest BCUT2D eigenvalue weighted by Gasteiger charge is -2.43. The highest BCUT2D eigenvalue weighted by molar-refractivity contribution is 14.1. The van der Waals surface area contributed by atoms with Gasteiger partial charge in [0, 0.05) is 19.7 Å². The second kappa shape index (κ2) is 3.50. The van der Waals surface area contributed by atoms with Gasteiger partial charge in [-0.05, 0) is 42.5 Å². The van der Waals surface area contributed by atoms with Crippen molar-refractivity contribution < 1.29 is 4.39 Å². The Balaban J connectivity index is 2.52. The van der Waals surface area contributed by atoms with Gasteiger partial charge in [-0.25, -0.2) is 4.39 Å². The van der Waals surface area contributed by atoms with E-state index in [2.05, 4.69) is 24.1 Å². The maximum absolute atomic E-state index is 13.5. The Morgan fingerprint density at radius 1 is 1.47 bits per heavy atom. The van der Waals surface area contributed by atoms with Crippen molar-refractivity contribution in [3.8, 4) is 0 Å². The SMILES string of the molecule is CN1c2cc(F)c(I)cc2NCC1(C)C. The molecule has 15 heavy (non-hydrogen) atoms. The summed E-state index contributed by atoms with van der Waals surface area (Å²) in [5, 5.41) is 3.34. The third-order valence-electron chi connectivity index (χ3n) is 3.02. The van der Waals surface area contributed by atoms with E-state index in [0.717, 1.165) is 17.9 Å². The van der Waals surface area contributed by atoms with Crippen molar-refractivity contribution in [2.45, 2.75) is 19.4 Å². The monoisotopic (exact) mass is 320 g/mol. The van der Waals surface area contributed by atoms with Crippen LogP contribution in [0, 0.1) is 9.39 Å². The Morgan fingerprint density at radius 2 is 2.13 bits per heavy atom. The van der Waals surface area contributed by atoms with Crippen molar-refractivity contribution in [2.75, 3.05) is 23.8 Å². The zero-order valence-corrected chi connectivity index (χ0v) is 11.2. The van der Waals surface area contributed by atoms with Gasteiger partial charge in [0.1, 0.15) is 5.82 Å². The third kappa shape index (κ3) is 1.79. The van der Waals surface area contributed by atoms with Crippen LogP contribution in [0.1, 0.15) is 13.8 Å². The van der Waals surface area contributed by atoms with Gasteiger partial charge in [0.05, 0.1) is 20.5 Å². The number of hydrogen-bond acceptors (Lipinski definition) is 2. The molecule has 0 radical (unpaired) electrons. The van der Waals surface area contributed by atoms with Crippen LogP contribution in [0.2, 0.25) is 0 Å². The van der Waals surface area contributed by atoms with E-state index in [-0.39, 0.29) is 11.4 Å². The first kappa shape index (κ1) is 11.0. The van der Waals surface area contributed by atoms with E-state index in [9.17, 15) is 4.39 Å². The van der Waals surface area contributed by atoms with Crippen molar-refractivity contribution in [2.24, 2.45) is 0 Å². The molecule has 0 spiro atoms. The number of benzene rings is 1. The predicted molar refractivity (Wildman–Crippen MR) is 70.1 cm³/mol. The number of fused-ring (bicyclic) bond motifs is 1. The molecule has 1 N–H and O–H groups in total. The second-order valence-corrected chi connectivity index (χ2v) is 5.67. The summed E-state index contributed by atoms with van der Waals surface area (Å²) in [5.41, 5.74) is 1.97. The van der Waals surface area contributed by atoms with E-state index in [1.165, 1.54) is 0 Å². The Bertz CT molecular complexity index is 404. The van der Waals surface area contributed by atoms with E-state index >= 15 is 0 Å². The first-order valence-corrected chi connectivity index (χ1v) is 5.96. The van der Waals surface area contributed by atoms with Gasteiger partial charge in [0.2, 0.25) is 0 Å². The molecule has 1 aliphatic heterocycles. The molecule has 1 aromatic rings. The van der Waals surface area contributed by atoms with Crippen LogP contribution in [0.15, 0.2) is 12.1 Å². The van der Waals surface area contributed by atoms with Crippen molar-refractivity contribution >= 4 is 34.0 Å². The summed E-state index contributed by atoms with van der Waals surface area (Å²) < 4.78 is 14.1. The number of hydrogen-bond donors (Lipinski definition) is 1. The van der Waals surface area contributed by atoms with Crippen molar-refractivity contribution in [1.82, 2.24) is 0 Å². The molecule has 1 heterocycles. The lowest BCUT2D eigenvalue weighted by Crippen LogP contribution is -2.50. The van der Waals surface area contributed by atoms with Crippen LogP contribution >= 0.6 is 22.6 Å². The molecule has 0 atom stereocenters. The van der Waals surface area contributed by atoms with Crippen molar-refractivity contribution in [1.29, 1.82) is 0 Å². The number of halogens is 2. The van der Waals surface area contributed by atoms with Crippen molar-refractivity contribution in [3.05, 3.63) is 21.5 Å². The van der Waals surface area contributed by atoms with Crippen LogP contribution in [-0.4, -0.2) is 19.1 Å². The summed E-state index contributed by atoms with van der Waals surface area (Å²) >= 11 is 2.01. The molecule has 0 aliphatic carbocycles. The Hall–Kier alpha value is -0.520. The quantitative estimate of drug-likeness (QED) is 0.739. The van der Waals surface area contributed by atoms with Gasteiger partial charge < -0.3 is 10.2 Å². The molecule has 1 aliphatic rings. The minimum atomic E-state index is -0.152. The molecule has 0 unspecified atom stereocenters. The molecule has 4 heteroatoms. The summed E-state index contributed by atoms with van der Waals surface area (Å²) in [6.07, 6.45) is 0. The smallest absolute Gasteiger partial charge is 0.138 e. The van der Waals surface area contributed by atoms with Crippen LogP contribution in [0.4, 0.5) is 15.8 Å². The van der Waals surface area contributed by atoms with E-state index in [4.69, 9.17) is 0 Å². The van der Waals surface area contributed by atoms with Gasteiger partial charge in [-0.3, -0.25) is 0 Å². The third-order valence-corrected chi connectivity index (χ3v) is 3.85. The standard InChI is InChI=1S/C11H14FIN2/c1-11(2)6-14-9-5-8(13)7(12)4-10(9)15(11)3/h4-5,14H,6H2,1-3H3. The molecule has 0 aromatic heterocycles. The topological polar surface area (TPSA) is 15.3 Å². The summed E-state index contributed by atoms with van der Waals surface area (Å²) in [7, 11) is 2.01. The van der Waals surface area contributed by atoms with Gasteiger partial charge in [-0.2, -0.15) is 0 Å². The van der Waals surface area contributed by atoms with Gasteiger partial charge >= 0.3 is 0 Å². The minimum Gasteiger partial charge on any atom is -0.381 e. The largest absolute Gasteiger partial charge is 0.381 e. The molecule has 82 valence electrons. The lowest BCUT2D eigenvalue weighted by atomic mass is 9.98. The second-order valence-electron chi connectivity index (χ2n) is 4.51. The molecular formula is C11H14FIN2. The Labute approximate surface area is 103 Å². The first-order chi connectivity index (χ1) is 6.92. The van der Waals surface area contributed by atoms with Gasteiger partial charge in [0.15, 0.2) is 0 Å². The minimum absolute atomic E-state index is 0.0201. The van der Waals surface area contributed by atoms with Gasteiger partial charge in [-0.15, -0.1) is 0 Å². The summed E-state index contributed by atoms with van der Waals surface area (Å²) in [4.78, 5) is 2.12. The fourth-order valence-corrected chi connectivity index (χ4v) is 2.18. The summed E-state index contributed by atoms with van der Waals surface area (Å²) in [5.74, 6) is -0.152. The molecular weight excluding hydrogens is 306 g/mol. The highest BCUT2D eigenvalue weighted by Gasteiger charge is 2.30. The normalized spacial score (nSPS) is 18.3. The Morgan fingerprint density at radius 3 is 2.80 bits per heavy atom. The van der Waals surface area contributed by atoms with E-state index in [0.29, 0.717) is 3.57 Å². The maximum Gasteiger partial charge on any atom is 0.138 e. The molecule has 1 aromatic carbocycles. The number of rotatable bonds is 0. The fraction of sp³-hybridized carbons (Fsp3) is 0.455. The number of nitrogens with zero attached hydrogens (tertiary/aromatic N) is 1. The van der Waals surface area contributed by atoms with Crippen LogP contribution in [-0.2, 0) is 0 Å². The highest BCUT2D eigenvalue weighted by atomic mass is 127. The van der Waals surface area contributed by atoms with E-state index in [1.807, 2.05) is 35.7 Å². The van der Waals surface area contributed by atoms with Gasteiger partial charge in [-0.1, -0.05) is 0 Å². The van der Waals surface area contributed by atoms with Crippen molar-refractivity contribution in [3.63, 3.8) is 0 Å². The molecule has 2 rings (SSSR count). The zero-order chi connectivity index (χ0) is 11.2. The molecule has 0 fully saturated rings. The molecule has 2 nitrogen and oxygen atoms in total. The lowest BCUT2D eigenvalue weighted by molar-refractivity contribution is 0.500. The van der Waals surface area contributed by atoms with Crippen LogP contribution < -0.4 is 10.2 Å². The fourth-order valence-electron chi connectivity index (χ4n) is 1.71. The van der Waals surface area contributed by atoms with E-state index in [1.54, 1.807) is 6.07 Å². The van der Waals surface area contributed by atoms with Gasteiger partial charge in [0.25, 0.3) is 0 Å². The molecule has 0 amide bonds. The number of likely N-dealkylation sites (N-methyl/N-ethyl adjacent to an activating group) is 1. The highest BCUT2D eigenvalue weighted by Crippen LogP contribution is 2.36. The predicted octanol–water partition coefficient (Wildman–Crippen LogP) is 3.07. The summed E-state index contributed by atoms with van der Waals surface area (Å²) in [6, 6.07) is 3.46. The maximum atomic E-state index is 13.5. The number of nitrogens with one attached hydrogen (secondary N) is 1. The van der Waals surface area contributed by atoms with Crippen LogP contribution in [0.3, 0.4) is 0 Å². The average molecular weight is 320 g/mol. The van der Waals surface area contributed by atoms with Crippen LogP contribution in [0.5, 0.6) is 0 Å². The molecule has 0 saturated heterocycles. The van der Waals surface area contributed by atoms with E-state index < -0.39 is 0 Å². The Kier molecular flexibility index (Phi) is 2.56. The molecule has 0 saturated carbocycles. The average Bonchev–Trinajstić information content (AvgIpc) is 2.16. The summed E-state index contributed by atoms with van der Waals surface area (Å²) in [6.45, 7) is 5.15. The molecule has 0 bridgehead atoms. The van der Waals surface area contributed by atoms with Crippen LogP contribution in [0.25, 0.3) is 0 Å². The number of anilines is 2.